The summed E-state index contributed by atoms with van der Waals surface area (Å²) in [6.07, 6.45) is 5.22. The van der Waals surface area contributed by atoms with E-state index in [1.54, 1.807) is 0 Å². The molecule has 0 radical (unpaired) electrons. The first-order valence-electron chi connectivity index (χ1n) is 11.2. The molecular formula is C25H28N4O2. The molecule has 2 N–H and O–H groups in total. The maximum Gasteiger partial charge on any atom is 0.233 e. The molecule has 6 heteroatoms. The molecule has 3 aliphatic rings. The predicted molar refractivity (Wildman–Crippen MR) is 121 cm³/mol. The summed E-state index contributed by atoms with van der Waals surface area (Å²) in [6, 6.07) is 14.6. The van der Waals surface area contributed by atoms with Crippen LogP contribution in [0.4, 0.5) is 0 Å². The largest absolute Gasteiger partial charge is 0.357 e. The topological polar surface area (TPSA) is 73.8 Å². The molecule has 6 nitrogen and oxygen atoms in total. The van der Waals surface area contributed by atoms with E-state index < -0.39 is 0 Å². The molecule has 0 aromatic heterocycles. The van der Waals surface area contributed by atoms with Crippen LogP contribution in [0, 0.1) is 23.7 Å². The van der Waals surface area contributed by atoms with Crippen molar-refractivity contribution in [1.82, 2.24) is 15.5 Å². The van der Waals surface area contributed by atoms with E-state index >= 15 is 0 Å². The van der Waals surface area contributed by atoms with E-state index in [1.165, 1.54) is 15.7 Å². The van der Waals surface area contributed by atoms with E-state index in [2.05, 4.69) is 53.1 Å². The molecule has 2 fully saturated rings. The second-order valence-corrected chi connectivity index (χ2v) is 8.59. The van der Waals surface area contributed by atoms with E-state index in [-0.39, 0.29) is 35.5 Å². The maximum atomic E-state index is 12.8. The highest BCUT2D eigenvalue weighted by molar-refractivity contribution is 6.06. The molecule has 160 valence electrons. The highest BCUT2D eigenvalue weighted by atomic mass is 16.2. The van der Waals surface area contributed by atoms with Gasteiger partial charge in [0.15, 0.2) is 5.96 Å². The second-order valence-electron chi connectivity index (χ2n) is 8.59. The maximum absolute atomic E-state index is 12.8. The van der Waals surface area contributed by atoms with E-state index in [0.717, 1.165) is 18.5 Å². The van der Waals surface area contributed by atoms with Crippen LogP contribution in [0.5, 0.6) is 0 Å². The lowest BCUT2D eigenvalue weighted by Gasteiger charge is -2.18. The van der Waals surface area contributed by atoms with Crippen molar-refractivity contribution in [2.75, 3.05) is 19.6 Å². The Labute approximate surface area is 182 Å². The summed E-state index contributed by atoms with van der Waals surface area (Å²) in [5.41, 5.74) is 1.16. The Morgan fingerprint density at radius 1 is 1.00 bits per heavy atom. The fourth-order valence-electron chi connectivity index (χ4n) is 5.41. The zero-order valence-corrected chi connectivity index (χ0v) is 17.8. The molecule has 5 rings (SSSR count). The van der Waals surface area contributed by atoms with Crippen molar-refractivity contribution < 1.29 is 9.59 Å². The molecule has 1 heterocycles. The minimum Gasteiger partial charge on any atom is -0.357 e. The summed E-state index contributed by atoms with van der Waals surface area (Å²) < 4.78 is 0. The number of carbonyl (C=O) groups excluding carboxylic acids is 2. The third-order valence-electron chi connectivity index (χ3n) is 6.82. The van der Waals surface area contributed by atoms with Crippen LogP contribution in [-0.4, -0.2) is 42.3 Å². The van der Waals surface area contributed by atoms with Crippen molar-refractivity contribution in [2.45, 2.75) is 19.9 Å². The van der Waals surface area contributed by atoms with Gasteiger partial charge in [0.05, 0.1) is 18.4 Å². The van der Waals surface area contributed by atoms with Gasteiger partial charge in [-0.1, -0.05) is 54.6 Å². The van der Waals surface area contributed by atoms with Crippen molar-refractivity contribution in [3.63, 3.8) is 0 Å². The number of hydrogen-bond donors (Lipinski definition) is 2. The van der Waals surface area contributed by atoms with Gasteiger partial charge in [-0.05, 0) is 41.5 Å². The van der Waals surface area contributed by atoms with Gasteiger partial charge in [-0.25, -0.2) is 4.99 Å². The van der Waals surface area contributed by atoms with Crippen LogP contribution in [0.25, 0.3) is 10.8 Å². The Morgan fingerprint density at radius 2 is 1.71 bits per heavy atom. The normalized spacial score (nSPS) is 26.7. The molecule has 0 spiro atoms. The van der Waals surface area contributed by atoms with Gasteiger partial charge in [0.2, 0.25) is 11.8 Å². The van der Waals surface area contributed by atoms with Crippen LogP contribution in [0.3, 0.4) is 0 Å². The monoisotopic (exact) mass is 416 g/mol. The number of amides is 2. The lowest BCUT2D eigenvalue weighted by Crippen LogP contribution is -2.43. The quantitative estimate of drug-likeness (QED) is 0.329. The Bertz CT molecular complexity index is 1040. The Morgan fingerprint density at radius 3 is 2.45 bits per heavy atom. The number of nitrogens with one attached hydrogen (secondary N) is 2. The number of rotatable bonds is 6. The lowest BCUT2D eigenvalue weighted by molar-refractivity contribution is -0.140. The second kappa shape index (κ2) is 8.17. The summed E-state index contributed by atoms with van der Waals surface area (Å²) in [5.74, 6) is 0.952. The third kappa shape index (κ3) is 3.50. The number of nitrogens with zero attached hydrogens (tertiary/aromatic N) is 2. The number of aliphatic imine (C=N–C) groups is 1. The molecule has 1 aliphatic heterocycles. The Balaban J connectivity index is 1.22. The molecule has 2 bridgehead atoms. The molecule has 1 saturated carbocycles. The predicted octanol–water partition coefficient (Wildman–Crippen LogP) is 2.70. The van der Waals surface area contributed by atoms with Gasteiger partial charge in [0.25, 0.3) is 0 Å². The fraction of sp³-hybridized carbons (Fsp3) is 0.400. The van der Waals surface area contributed by atoms with E-state index in [4.69, 9.17) is 4.99 Å². The SMILES string of the molecule is CCNC(=NCc1cccc2ccccc12)NCCN1C(=O)C2C3C=CC(C3)C2C1=O. The minimum absolute atomic E-state index is 0.00587. The Kier molecular flexibility index (Phi) is 5.22. The molecule has 4 atom stereocenters. The van der Waals surface area contributed by atoms with Gasteiger partial charge in [-0.3, -0.25) is 14.5 Å². The van der Waals surface area contributed by atoms with Crippen molar-refractivity contribution in [1.29, 1.82) is 0 Å². The zero-order chi connectivity index (χ0) is 21.4. The lowest BCUT2D eigenvalue weighted by atomic mass is 9.85. The van der Waals surface area contributed by atoms with E-state index in [0.29, 0.717) is 25.6 Å². The van der Waals surface area contributed by atoms with Crippen LogP contribution in [0.15, 0.2) is 59.6 Å². The number of guanidine groups is 1. The van der Waals surface area contributed by atoms with Crippen molar-refractivity contribution >= 4 is 28.5 Å². The van der Waals surface area contributed by atoms with Gasteiger partial charge >= 0.3 is 0 Å². The number of imide groups is 1. The van der Waals surface area contributed by atoms with E-state index in [9.17, 15) is 9.59 Å². The number of carbonyl (C=O) groups is 2. The summed E-state index contributed by atoms with van der Waals surface area (Å²) in [5, 5.41) is 8.94. The van der Waals surface area contributed by atoms with Crippen molar-refractivity contribution in [2.24, 2.45) is 28.7 Å². The molecule has 4 unspecified atom stereocenters. The summed E-state index contributed by atoms with van der Waals surface area (Å²) in [7, 11) is 0. The smallest absolute Gasteiger partial charge is 0.233 e. The minimum atomic E-state index is -0.129. The number of likely N-dealkylation sites (tertiary alicyclic amines) is 1. The fourth-order valence-corrected chi connectivity index (χ4v) is 5.41. The standard InChI is InChI=1S/C25H28N4O2/c1-2-26-25(28-15-19-8-5-7-16-6-3-4-9-20(16)19)27-12-13-29-23(30)21-17-10-11-18(14-17)22(21)24(29)31/h3-11,17-18,21-22H,2,12-15H2,1H3,(H2,26,27,28). The molecule has 2 aromatic rings. The highest BCUT2D eigenvalue weighted by Gasteiger charge is 2.58. The summed E-state index contributed by atoms with van der Waals surface area (Å²) >= 11 is 0. The van der Waals surface area contributed by atoms with Crippen LogP contribution < -0.4 is 10.6 Å². The molecule has 1 saturated heterocycles. The Hall–Kier alpha value is -3.15. The van der Waals surface area contributed by atoms with Gasteiger partial charge in [-0.15, -0.1) is 0 Å². The highest BCUT2D eigenvalue weighted by Crippen LogP contribution is 2.52. The summed E-state index contributed by atoms with van der Waals surface area (Å²) in [6.45, 7) is 4.18. The molecular weight excluding hydrogens is 388 g/mol. The van der Waals surface area contributed by atoms with Crippen LogP contribution in [-0.2, 0) is 16.1 Å². The average Bonchev–Trinajstić information content (AvgIpc) is 3.47. The van der Waals surface area contributed by atoms with Crippen LogP contribution in [0.2, 0.25) is 0 Å². The zero-order valence-electron chi connectivity index (χ0n) is 17.8. The number of allylic oxidation sites excluding steroid dienone is 2. The molecule has 2 amide bonds. The van der Waals surface area contributed by atoms with Crippen molar-refractivity contribution in [3.05, 3.63) is 60.2 Å². The average molecular weight is 417 g/mol. The van der Waals surface area contributed by atoms with Gasteiger partial charge < -0.3 is 10.6 Å². The summed E-state index contributed by atoms with van der Waals surface area (Å²) in [4.78, 5) is 31.8. The number of fused-ring (bicyclic) bond motifs is 6. The van der Waals surface area contributed by atoms with Gasteiger partial charge in [-0.2, -0.15) is 0 Å². The van der Waals surface area contributed by atoms with Crippen LogP contribution >= 0.6 is 0 Å². The van der Waals surface area contributed by atoms with Crippen LogP contribution in [0.1, 0.15) is 18.9 Å². The molecule has 31 heavy (non-hydrogen) atoms. The first-order chi connectivity index (χ1) is 15.2. The van der Waals surface area contributed by atoms with Crippen molar-refractivity contribution in [3.8, 4) is 0 Å². The van der Waals surface area contributed by atoms with Gasteiger partial charge in [0.1, 0.15) is 0 Å². The third-order valence-corrected chi connectivity index (χ3v) is 6.82. The number of hydrogen-bond acceptors (Lipinski definition) is 3. The van der Waals surface area contributed by atoms with E-state index in [1.807, 2.05) is 19.1 Å². The first-order valence-corrected chi connectivity index (χ1v) is 11.2. The molecule has 2 aliphatic carbocycles. The first kappa shape index (κ1) is 19.8. The number of benzene rings is 2. The van der Waals surface area contributed by atoms with Gasteiger partial charge in [0, 0.05) is 19.6 Å². The molecule has 2 aromatic carbocycles.